The van der Waals surface area contributed by atoms with Gasteiger partial charge in [-0.3, -0.25) is 9.59 Å². The van der Waals surface area contributed by atoms with Crippen molar-refractivity contribution >= 4 is 23.2 Å². The number of oxime groups is 1. The molecule has 1 heterocycles. The molecule has 27 heavy (non-hydrogen) atoms. The fourth-order valence-electron chi connectivity index (χ4n) is 2.78. The van der Waals surface area contributed by atoms with Crippen LogP contribution in [-0.2, 0) is 20.8 Å². The minimum absolute atomic E-state index is 0.175. The highest BCUT2D eigenvalue weighted by molar-refractivity contribution is 6.04. The van der Waals surface area contributed by atoms with Gasteiger partial charge in [-0.25, -0.2) is 4.39 Å². The van der Waals surface area contributed by atoms with Crippen LogP contribution in [0.15, 0.2) is 53.7 Å². The number of carbonyl (C=O) groups is 2. The summed E-state index contributed by atoms with van der Waals surface area (Å²) in [5.74, 6) is -1.15. The van der Waals surface area contributed by atoms with E-state index >= 15 is 0 Å². The van der Waals surface area contributed by atoms with Crippen molar-refractivity contribution in [1.29, 1.82) is 0 Å². The van der Waals surface area contributed by atoms with E-state index in [4.69, 9.17) is 4.84 Å². The molecule has 140 valence electrons. The van der Waals surface area contributed by atoms with Crippen molar-refractivity contribution in [2.75, 3.05) is 11.9 Å². The molecule has 0 aliphatic carbocycles. The van der Waals surface area contributed by atoms with Crippen molar-refractivity contribution in [2.24, 2.45) is 5.16 Å². The van der Waals surface area contributed by atoms with Crippen molar-refractivity contribution in [3.63, 3.8) is 0 Å². The van der Waals surface area contributed by atoms with E-state index in [1.54, 1.807) is 12.1 Å². The maximum absolute atomic E-state index is 13.3. The highest BCUT2D eigenvalue weighted by atomic mass is 19.1. The van der Waals surface area contributed by atoms with Crippen LogP contribution in [0.5, 0.6) is 0 Å². The summed E-state index contributed by atoms with van der Waals surface area (Å²) >= 11 is 0. The molecule has 1 aliphatic heterocycles. The fraction of sp³-hybridized carbons (Fsp3) is 0.250. The molecule has 6 nitrogen and oxygen atoms in total. The predicted molar refractivity (Wildman–Crippen MR) is 99.9 cm³/mol. The Morgan fingerprint density at radius 2 is 2.04 bits per heavy atom. The monoisotopic (exact) mass is 369 g/mol. The van der Waals surface area contributed by atoms with Gasteiger partial charge in [0.05, 0.1) is 12.3 Å². The van der Waals surface area contributed by atoms with E-state index in [2.05, 4.69) is 15.8 Å². The molecule has 0 radical (unpaired) electrons. The Bertz CT molecular complexity index is 882. The molecule has 2 N–H and O–H groups in total. The van der Waals surface area contributed by atoms with Crippen molar-refractivity contribution < 1.29 is 18.8 Å². The summed E-state index contributed by atoms with van der Waals surface area (Å²) in [5.41, 5.74) is 2.81. The molecule has 3 rings (SSSR count). The first-order valence-electron chi connectivity index (χ1n) is 8.71. The third-order valence-corrected chi connectivity index (χ3v) is 4.21. The predicted octanol–water partition coefficient (Wildman–Crippen LogP) is 2.64. The number of rotatable bonds is 6. The second-order valence-corrected chi connectivity index (χ2v) is 6.12. The van der Waals surface area contributed by atoms with Crippen LogP contribution >= 0.6 is 0 Å². The zero-order valence-corrected chi connectivity index (χ0v) is 14.9. The second-order valence-electron chi connectivity index (χ2n) is 6.12. The van der Waals surface area contributed by atoms with Crippen LogP contribution < -0.4 is 10.6 Å². The highest BCUT2D eigenvalue weighted by Gasteiger charge is 2.29. The maximum atomic E-state index is 13.3. The van der Waals surface area contributed by atoms with Gasteiger partial charge in [0.2, 0.25) is 12.0 Å². The number of aryl methyl sites for hydroxylation is 1. The summed E-state index contributed by atoms with van der Waals surface area (Å²) in [4.78, 5) is 29.4. The highest BCUT2D eigenvalue weighted by Crippen LogP contribution is 2.18. The zero-order chi connectivity index (χ0) is 19.2. The number of carbonyl (C=O) groups excluding carboxylic acids is 2. The molecule has 0 aromatic heterocycles. The SMILES string of the molecule is CCc1ccccc1NC(=O)CNC(=O)C1CC(c2cccc(F)c2)=NO1. The molecule has 2 amide bonds. The third kappa shape index (κ3) is 4.69. The molecule has 7 heteroatoms. The first kappa shape index (κ1) is 18.6. The van der Waals surface area contributed by atoms with Crippen LogP contribution in [0.4, 0.5) is 10.1 Å². The topological polar surface area (TPSA) is 79.8 Å². The molecule has 2 aromatic rings. The summed E-state index contributed by atoms with van der Waals surface area (Å²) in [7, 11) is 0. The van der Waals surface area contributed by atoms with E-state index in [0.29, 0.717) is 11.3 Å². The van der Waals surface area contributed by atoms with E-state index in [1.807, 2.05) is 31.2 Å². The average Bonchev–Trinajstić information content (AvgIpc) is 3.17. The molecule has 2 aromatic carbocycles. The molecular weight excluding hydrogens is 349 g/mol. The standard InChI is InChI=1S/C20H20FN3O3/c1-2-13-6-3-4-9-16(13)23-19(25)12-22-20(26)18-11-17(24-27-18)14-7-5-8-15(21)10-14/h3-10,18H,2,11-12H2,1H3,(H,22,26)(H,23,25). The molecule has 0 saturated carbocycles. The van der Waals surface area contributed by atoms with Crippen LogP contribution in [0.2, 0.25) is 0 Å². The molecular formula is C20H20FN3O3. The number of halogens is 1. The van der Waals surface area contributed by atoms with Crippen LogP contribution in [-0.4, -0.2) is 30.2 Å². The molecule has 1 atom stereocenters. The van der Waals surface area contributed by atoms with Crippen LogP contribution in [0.3, 0.4) is 0 Å². The molecule has 0 saturated heterocycles. The van der Waals surface area contributed by atoms with Crippen LogP contribution in [0.25, 0.3) is 0 Å². The van der Waals surface area contributed by atoms with Crippen molar-refractivity contribution in [1.82, 2.24) is 5.32 Å². The minimum atomic E-state index is -0.834. The Hall–Kier alpha value is -3.22. The van der Waals surface area contributed by atoms with Crippen molar-refractivity contribution in [3.05, 3.63) is 65.5 Å². The van der Waals surface area contributed by atoms with Gasteiger partial charge >= 0.3 is 0 Å². The molecule has 0 bridgehead atoms. The number of hydrogen-bond donors (Lipinski definition) is 2. The lowest BCUT2D eigenvalue weighted by atomic mass is 10.0. The number of nitrogens with one attached hydrogen (secondary N) is 2. The Kier molecular flexibility index (Phi) is 5.80. The van der Waals surface area contributed by atoms with Gasteiger partial charge < -0.3 is 15.5 Å². The summed E-state index contributed by atoms with van der Waals surface area (Å²) < 4.78 is 13.3. The van der Waals surface area contributed by atoms with Gasteiger partial charge in [-0.05, 0) is 30.2 Å². The van der Waals surface area contributed by atoms with Gasteiger partial charge in [0.1, 0.15) is 5.82 Å². The Morgan fingerprint density at radius 3 is 2.81 bits per heavy atom. The number of hydrogen-bond acceptors (Lipinski definition) is 4. The third-order valence-electron chi connectivity index (χ3n) is 4.21. The van der Waals surface area contributed by atoms with Gasteiger partial charge in [0.15, 0.2) is 0 Å². The van der Waals surface area contributed by atoms with Gasteiger partial charge in [0, 0.05) is 17.7 Å². The van der Waals surface area contributed by atoms with Gasteiger partial charge in [-0.15, -0.1) is 0 Å². The molecule has 0 fully saturated rings. The number of nitrogens with zero attached hydrogens (tertiary/aromatic N) is 1. The first-order valence-corrected chi connectivity index (χ1v) is 8.71. The van der Waals surface area contributed by atoms with E-state index in [0.717, 1.165) is 17.7 Å². The first-order chi connectivity index (χ1) is 13.1. The maximum Gasteiger partial charge on any atom is 0.264 e. The lowest BCUT2D eigenvalue weighted by Crippen LogP contribution is -2.39. The van der Waals surface area contributed by atoms with E-state index in [1.165, 1.54) is 12.1 Å². The summed E-state index contributed by atoms with van der Waals surface area (Å²) in [6, 6.07) is 13.4. The van der Waals surface area contributed by atoms with E-state index in [9.17, 15) is 14.0 Å². The van der Waals surface area contributed by atoms with Crippen molar-refractivity contribution in [3.8, 4) is 0 Å². The molecule has 0 spiro atoms. The Labute approximate surface area is 156 Å². The zero-order valence-electron chi connectivity index (χ0n) is 14.9. The smallest absolute Gasteiger partial charge is 0.264 e. The summed E-state index contributed by atoms with van der Waals surface area (Å²) in [5, 5.41) is 9.18. The van der Waals surface area contributed by atoms with Crippen LogP contribution in [0, 0.1) is 5.82 Å². The van der Waals surface area contributed by atoms with Crippen molar-refractivity contribution in [2.45, 2.75) is 25.9 Å². The largest absolute Gasteiger partial charge is 0.382 e. The normalized spacial score (nSPS) is 15.6. The Balaban J connectivity index is 1.49. The number of para-hydroxylation sites is 1. The minimum Gasteiger partial charge on any atom is -0.382 e. The average molecular weight is 369 g/mol. The van der Waals surface area contributed by atoms with Gasteiger partial charge in [0.25, 0.3) is 5.91 Å². The quantitative estimate of drug-likeness (QED) is 0.822. The Morgan fingerprint density at radius 1 is 1.22 bits per heavy atom. The molecule has 1 unspecified atom stereocenters. The lowest BCUT2D eigenvalue weighted by molar-refractivity contribution is -0.132. The lowest BCUT2D eigenvalue weighted by Gasteiger charge is -2.12. The van der Waals surface area contributed by atoms with E-state index < -0.39 is 12.0 Å². The number of amides is 2. The summed E-state index contributed by atoms with van der Waals surface area (Å²) in [6.07, 6.45) is 0.174. The number of anilines is 1. The fourth-order valence-corrected chi connectivity index (χ4v) is 2.78. The second kappa shape index (κ2) is 8.44. The van der Waals surface area contributed by atoms with Gasteiger partial charge in [-0.1, -0.05) is 42.4 Å². The summed E-state index contributed by atoms with van der Waals surface area (Å²) in [6.45, 7) is 1.83. The van der Waals surface area contributed by atoms with E-state index in [-0.39, 0.29) is 24.7 Å². The number of benzene rings is 2. The van der Waals surface area contributed by atoms with Gasteiger partial charge in [-0.2, -0.15) is 0 Å². The molecule has 1 aliphatic rings. The van der Waals surface area contributed by atoms with Crippen LogP contribution in [0.1, 0.15) is 24.5 Å².